The van der Waals surface area contributed by atoms with Crippen LogP contribution in [-0.4, -0.2) is 25.8 Å². The van der Waals surface area contributed by atoms with E-state index in [4.69, 9.17) is 0 Å². The Morgan fingerprint density at radius 1 is 1.12 bits per heavy atom. The number of rotatable bonds is 4. The molecule has 2 N–H and O–H groups in total. The standard InChI is InChI=1S/C20H23F2N3O/c1-25(18-8-6-17(22)7-9-18)20(26)24-19-13-15(10-11-23-19)12-14-2-4-16(21)5-3-14/h2-9,15,19,23H,10-13H2,1H3,(H,24,26). The van der Waals surface area contributed by atoms with E-state index in [-0.39, 0.29) is 23.8 Å². The molecule has 1 aliphatic heterocycles. The van der Waals surface area contributed by atoms with Gasteiger partial charge in [-0.05, 0) is 73.7 Å². The predicted molar refractivity (Wildman–Crippen MR) is 98.0 cm³/mol. The van der Waals surface area contributed by atoms with Crippen LogP contribution in [0.4, 0.5) is 19.3 Å². The molecule has 26 heavy (non-hydrogen) atoms. The number of piperidine rings is 1. The zero-order valence-electron chi connectivity index (χ0n) is 14.7. The van der Waals surface area contributed by atoms with Crippen LogP contribution in [0.5, 0.6) is 0 Å². The van der Waals surface area contributed by atoms with Crippen molar-refractivity contribution < 1.29 is 13.6 Å². The first-order chi connectivity index (χ1) is 12.5. The molecule has 1 saturated heterocycles. The highest BCUT2D eigenvalue weighted by Gasteiger charge is 2.24. The molecule has 138 valence electrons. The maximum Gasteiger partial charge on any atom is 0.322 e. The van der Waals surface area contributed by atoms with Crippen LogP contribution < -0.4 is 15.5 Å². The van der Waals surface area contributed by atoms with Gasteiger partial charge in [0.1, 0.15) is 11.6 Å². The van der Waals surface area contributed by atoms with Crippen LogP contribution >= 0.6 is 0 Å². The quantitative estimate of drug-likeness (QED) is 0.875. The first-order valence-electron chi connectivity index (χ1n) is 8.79. The van der Waals surface area contributed by atoms with Gasteiger partial charge in [-0.2, -0.15) is 0 Å². The normalized spacial score (nSPS) is 19.8. The van der Waals surface area contributed by atoms with Crippen molar-refractivity contribution in [1.29, 1.82) is 0 Å². The number of carbonyl (C=O) groups excluding carboxylic acids is 1. The number of hydrogen-bond acceptors (Lipinski definition) is 2. The summed E-state index contributed by atoms with van der Waals surface area (Å²) >= 11 is 0. The fourth-order valence-corrected chi connectivity index (χ4v) is 3.27. The average molecular weight is 359 g/mol. The van der Waals surface area contributed by atoms with Crippen LogP contribution in [0.25, 0.3) is 0 Å². The first kappa shape index (κ1) is 18.3. The third-order valence-electron chi connectivity index (χ3n) is 4.77. The summed E-state index contributed by atoms with van der Waals surface area (Å²) in [6.07, 6.45) is 2.56. The van der Waals surface area contributed by atoms with E-state index >= 15 is 0 Å². The Labute approximate surface area is 152 Å². The van der Waals surface area contributed by atoms with Crippen LogP contribution in [-0.2, 0) is 6.42 Å². The van der Waals surface area contributed by atoms with Crippen molar-refractivity contribution in [2.24, 2.45) is 5.92 Å². The van der Waals surface area contributed by atoms with Crippen molar-refractivity contribution in [2.45, 2.75) is 25.4 Å². The zero-order valence-corrected chi connectivity index (χ0v) is 14.7. The molecule has 0 saturated carbocycles. The van der Waals surface area contributed by atoms with Crippen molar-refractivity contribution in [3.05, 3.63) is 65.7 Å². The van der Waals surface area contributed by atoms with Gasteiger partial charge in [0.15, 0.2) is 0 Å². The van der Waals surface area contributed by atoms with Gasteiger partial charge in [-0.25, -0.2) is 13.6 Å². The molecule has 3 rings (SSSR count). The van der Waals surface area contributed by atoms with Gasteiger partial charge in [0.05, 0.1) is 6.17 Å². The third-order valence-corrected chi connectivity index (χ3v) is 4.77. The number of nitrogens with one attached hydrogen (secondary N) is 2. The molecule has 4 nitrogen and oxygen atoms in total. The number of urea groups is 1. The van der Waals surface area contributed by atoms with Crippen molar-refractivity contribution in [1.82, 2.24) is 10.6 Å². The number of halogens is 2. The second-order valence-electron chi connectivity index (χ2n) is 6.71. The molecule has 2 unspecified atom stereocenters. The summed E-state index contributed by atoms with van der Waals surface area (Å²) in [5.41, 5.74) is 1.73. The second-order valence-corrected chi connectivity index (χ2v) is 6.71. The van der Waals surface area contributed by atoms with Gasteiger partial charge < -0.3 is 5.32 Å². The van der Waals surface area contributed by atoms with Gasteiger partial charge in [0.2, 0.25) is 0 Å². The average Bonchev–Trinajstić information content (AvgIpc) is 2.64. The van der Waals surface area contributed by atoms with Crippen LogP contribution in [0.2, 0.25) is 0 Å². The minimum absolute atomic E-state index is 0.121. The molecule has 1 aliphatic rings. The highest BCUT2D eigenvalue weighted by atomic mass is 19.1. The lowest BCUT2D eigenvalue weighted by Crippen LogP contribution is -2.53. The summed E-state index contributed by atoms with van der Waals surface area (Å²) in [6.45, 7) is 0.817. The Balaban J connectivity index is 1.54. The molecule has 2 amide bonds. The molecule has 1 fully saturated rings. The molecule has 0 aliphatic carbocycles. The number of nitrogens with zero attached hydrogens (tertiary/aromatic N) is 1. The van der Waals surface area contributed by atoms with Gasteiger partial charge in [0.25, 0.3) is 0 Å². The number of benzene rings is 2. The lowest BCUT2D eigenvalue weighted by Gasteiger charge is -2.32. The van der Waals surface area contributed by atoms with E-state index < -0.39 is 0 Å². The highest BCUT2D eigenvalue weighted by molar-refractivity contribution is 5.91. The Morgan fingerprint density at radius 2 is 1.73 bits per heavy atom. The van der Waals surface area contributed by atoms with Crippen molar-refractivity contribution in [3.8, 4) is 0 Å². The monoisotopic (exact) mass is 359 g/mol. The lowest BCUT2D eigenvalue weighted by atomic mass is 9.89. The summed E-state index contributed by atoms with van der Waals surface area (Å²) in [6, 6.07) is 12.1. The molecule has 0 radical (unpaired) electrons. The highest BCUT2D eigenvalue weighted by Crippen LogP contribution is 2.21. The minimum Gasteiger partial charge on any atom is -0.322 e. The fourth-order valence-electron chi connectivity index (χ4n) is 3.27. The molecule has 2 aromatic carbocycles. The van der Waals surface area contributed by atoms with Crippen LogP contribution in [0.1, 0.15) is 18.4 Å². The van der Waals surface area contributed by atoms with Gasteiger partial charge in [-0.1, -0.05) is 12.1 Å². The molecule has 0 spiro atoms. The van der Waals surface area contributed by atoms with Gasteiger partial charge in [0, 0.05) is 12.7 Å². The van der Waals surface area contributed by atoms with Gasteiger partial charge in [-0.3, -0.25) is 10.2 Å². The Kier molecular flexibility index (Phi) is 5.83. The lowest BCUT2D eigenvalue weighted by molar-refractivity contribution is 0.226. The maximum absolute atomic E-state index is 13.0. The maximum atomic E-state index is 13.0. The van der Waals surface area contributed by atoms with Crippen molar-refractivity contribution in [3.63, 3.8) is 0 Å². The molecule has 0 aromatic heterocycles. The molecular formula is C20H23F2N3O. The van der Waals surface area contributed by atoms with Gasteiger partial charge >= 0.3 is 6.03 Å². The van der Waals surface area contributed by atoms with Crippen molar-refractivity contribution >= 4 is 11.7 Å². The van der Waals surface area contributed by atoms with Gasteiger partial charge in [-0.15, -0.1) is 0 Å². The summed E-state index contributed by atoms with van der Waals surface area (Å²) < 4.78 is 26.0. The summed E-state index contributed by atoms with van der Waals surface area (Å²) in [5.74, 6) is -0.142. The van der Waals surface area contributed by atoms with E-state index in [0.717, 1.165) is 31.4 Å². The topological polar surface area (TPSA) is 44.4 Å². The van der Waals surface area contributed by atoms with E-state index in [1.54, 1.807) is 19.2 Å². The van der Waals surface area contributed by atoms with E-state index in [1.165, 1.54) is 29.2 Å². The van der Waals surface area contributed by atoms with Crippen LogP contribution in [0, 0.1) is 17.6 Å². The minimum atomic E-state index is -0.333. The van der Waals surface area contributed by atoms with E-state index in [0.29, 0.717) is 11.6 Å². The molecule has 2 aromatic rings. The predicted octanol–water partition coefficient (Wildman–Crippen LogP) is 3.68. The largest absolute Gasteiger partial charge is 0.322 e. The summed E-state index contributed by atoms with van der Waals surface area (Å²) in [7, 11) is 1.65. The first-order valence-corrected chi connectivity index (χ1v) is 8.79. The van der Waals surface area contributed by atoms with E-state index in [9.17, 15) is 13.6 Å². The smallest absolute Gasteiger partial charge is 0.322 e. The Hall–Kier alpha value is -2.47. The van der Waals surface area contributed by atoms with Crippen LogP contribution in [0.3, 0.4) is 0 Å². The number of anilines is 1. The fraction of sp³-hybridized carbons (Fsp3) is 0.350. The second kappa shape index (κ2) is 8.27. The Bertz CT molecular complexity index is 734. The Morgan fingerprint density at radius 3 is 2.38 bits per heavy atom. The van der Waals surface area contributed by atoms with Crippen LogP contribution in [0.15, 0.2) is 48.5 Å². The number of amides is 2. The van der Waals surface area contributed by atoms with E-state index in [2.05, 4.69) is 10.6 Å². The van der Waals surface area contributed by atoms with E-state index in [1.807, 2.05) is 12.1 Å². The summed E-state index contributed by atoms with van der Waals surface area (Å²) in [5, 5.41) is 6.29. The molecule has 6 heteroatoms. The summed E-state index contributed by atoms with van der Waals surface area (Å²) in [4.78, 5) is 13.9. The number of carbonyl (C=O) groups is 1. The van der Waals surface area contributed by atoms with Crippen molar-refractivity contribution in [2.75, 3.05) is 18.5 Å². The third kappa shape index (κ3) is 4.79. The molecule has 0 bridgehead atoms. The molecular weight excluding hydrogens is 336 g/mol. The molecule has 2 atom stereocenters. The molecule has 1 heterocycles. The SMILES string of the molecule is CN(C(=O)NC1CC(Cc2ccc(F)cc2)CCN1)c1ccc(F)cc1. The zero-order chi connectivity index (χ0) is 18.5. The number of hydrogen-bond donors (Lipinski definition) is 2.